The molecule has 0 spiro atoms. The summed E-state index contributed by atoms with van der Waals surface area (Å²) in [4.78, 5) is 46.1. The van der Waals surface area contributed by atoms with Crippen LogP contribution in [0.1, 0.15) is 226 Å². The number of esters is 2. The summed E-state index contributed by atoms with van der Waals surface area (Å²) in [5, 5.41) is 8.91. The summed E-state index contributed by atoms with van der Waals surface area (Å²) in [5.74, 6) is -2.39. The lowest BCUT2D eigenvalue weighted by atomic mass is 10.0. The van der Waals surface area contributed by atoms with E-state index >= 15 is 0 Å². The summed E-state index contributed by atoms with van der Waals surface area (Å²) in [6, 6.07) is -1.52. The maximum absolute atomic E-state index is 12.6. The first-order chi connectivity index (χ1) is 29.6. The number of nitrogens with two attached hydrogens (primary N) is 1. The van der Waals surface area contributed by atoms with Crippen molar-refractivity contribution >= 4 is 25.7 Å². The van der Waals surface area contributed by atoms with Crippen LogP contribution in [0.4, 0.5) is 0 Å². The number of allylic oxidation sites excluding steroid dienone is 6. The second-order valence-corrected chi connectivity index (χ2v) is 18.0. The van der Waals surface area contributed by atoms with E-state index in [-0.39, 0.29) is 19.4 Å². The molecule has 0 saturated carbocycles. The molecule has 356 valence electrons. The van der Waals surface area contributed by atoms with Crippen molar-refractivity contribution in [2.45, 2.75) is 238 Å². The molecule has 0 rings (SSSR count). The van der Waals surface area contributed by atoms with Crippen LogP contribution in [0.5, 0.6) is 0 Å². The first-order valence-corrected chi connectivity index (χ1v) is 26.0. The second kappa shape index (κ2) is 44.3. The Morgan fingerprint density at radius 3 is 1.38 bits per heavy atom. The van der Waals surface area contributed by atoms with E-state index in [0.717, 1.165) is 70.6 Å². The van der Waals surface area contributed by atoms with E-state index in [4.69, 9.17) is 24.8 Å². The average molecular weight is 884 g/mol. The Morgan fingerprint density at radius 2 is 0.918 bits per heavy atom. The van der Waals surface area contributed by atoms with E-state index in [1.807, 2.05) is 0 Å². The average Bonchev–Trinajstić information content (AvgIpc) is 3.24. The zero-order valence-corrected chi connectivity index (χ0v) is 39.7. The summed E-state index contributed by atoms with van der Waals surface area (Å²) in [5.41, 5.74) is 5.34. The fraction of sp³-hybridized carbons (Fsp3) is 0.816. The minimum absolute atomic E-state index is 0.143. The fourth-order valence-electron chi connectivity index (χ4n) is 6.85. The van der Waals surface area contributed by atoms with Crippen LogP contribution in [-0.4, -0.2) is 59.9 Å². The van der Waals surface area contributed by atoms with Crippen molar-refractivity contribution in [3.8, 4) is 0 Å². The molecular formula is C49H90NO10P. The number of carboxylic acid groups (broad SMARTS) is 1. The van der Waals surface area contributed by atoms with Crippen molar-refractivity contribution in [3.05, 3.63) is 36.5 Å². The fourth-order valence-corrected chi connectivity index (χ4v) is 7.62. The molecular weight excluding hydrogens is 794 g/mol. The molecule has 0 aliphatic carbocycles. The van der Waals surface area contributed by atoms with Gasteiger partial charge in [0.15, 0.2) is 6.10 Å². The highest BCUT2D eigenvalue weighted by Gasteiger charge is 2.28. The number of hydrogen-bond acceptors (Lipinski definition) is 9. The van der Waals surface area contributed by atoms with Gasteiger partial charge >= 0.3 is 25.7 Å². The van der Waals surface area contributed by atoms with Gasteiger partial charge in [-0.1, -0.05) is 204 Å². The normalized spacial score (nSPS) is 13.9. The van der Waals surface area contributed by atoms with E-state index in [0.29, 0.717) is 12.8 Å². The first kappa shape index (κ1) is 58.7. The van der Waals surface area contributed by atoms with Crippen LogP contribution < -0.4 is 5.73 Å². The Morgan fingerprint density at radius 1 is 0.525 bits per heavy atom. The molecule has 0 bridgehead atoms. The number of unbranched alkanes of at least 4 members (excludes halogenated alkanes) is 26. The first-order valence-electron chi connectivity index (χ1n) is 24.5. The Bertz CT molecular complexity index is 1180. The minimum Gasteiger partial charge on any atom is -0.480 e. The molecule has 0 heterocycles. The second-order valence-electron chi connectivity index (χ2n) is 16.6. The number of rotatable bonds is 46. The molecule has 0 aromatic heterocycles. The summed E-state index contributed by atoms with van der Waals surface area (Å²) in [6.07, 6.45) is 49.3. The molecule has 0 radical (unpaired) electrons. The molecule has 0 aromatic carbocycles. The highest BCUT2D eigenvalue weighted by molar-refractivity contribution is 7.47. The molecule has 0 fully saturated rings. The Balaban J connectivity index is 4.22. The summed E-state index contributed by atoms with van der Waals surface area (Å²) in [6.45, 7) is 2.71. The molecule has 12 heteroatoms. The quantitative estimate of drug-likeness (QED) is 0.0230. The number of aliphatic carboxylic acids is 1. The minimum atomic E-state index is -4.72. The molecule has 4 N–H and O–H groups in total. The van der Waals surface area contributed by atoms with Crippen molar-refractivity contribution in [2.24, 2.45) is 5.73 Å². The van der Waals surface area contributed by atoms with Crippen LogP contribution in [0.2, 0.25) is 0 Å². The lowest BCUT2D eigenvalue weighted by Crippen LogP contribution is -2.34. The molecule has 0 saturated heterocycles. The van der Waals surface area contributed by atoms with Gasteiger partial charge in [0.25, 0.3) is 0 Å². The Hall–Kier alpha value is -2.30. The third-order valence-corrected chi connectivity index (χ3v) is 11.6. The lowest BCUT2D eigenvalue weighted by Gasteiger charge is -2.20. The smallest absolute Gasteiger partial charge is 0.472 e. The molecule has 61 heavy (non-hydrogen) atoms. The number of carboxylic acids is 1. The lowest BCUT2D eigenvalue weighted by molar-refractivity contribution is -0.161. The molecule has 11 nitrogen and oxygen atoms in total. The van der Waals surface area contributed by atoms with Crippen LogP contribution in [0.15, 0.2) is 36.5 Å². The Labute approximate surface area is 372 Å². The van der Waals surface area contributed by atoms with Gasteiger partial charge < -0.3 is 25.2 Å². The number of ether oxygens (including phenoxy) is 2. The summed E-state index contributed by atoms with van der Waals surface area (Å²) in [7, 11) is -4.72. The van der Waals surface area contributed by atoms with Crippen molar-refractivity contribution in [2.75, 3.05) is 19.8 Å². The number of hydrogen-bond donors (Lipinski definition) is 3. The van der Waals surface area contributed by atoms with E-state index in [1.165, 1.54) is 116 Å². The zero-order valence-electron chi connectivity index (χ0n) is 38.8. The van der Waals surface area contributed by atoms with Crippen LogP contribution in [0, 0.1) is 0 Å². The van der Waals surface area contributed by atoms with Gasteiger partial charge in [-0.2, -0.15) is 0 Å². The zero-order chi connectivity index (χ0) is 44.9. The van der Waals surface area contributed by atoms with Gasteiger partial charge in [0, 0.05) is 12.8 Å². The Kier molecular flexibility index (Phi) is 42.6. The SMILES string of the molecule is CC/C=C\C/C=C\C/C=C\CCCCCCCC(=O)OC(COC(=O)CCCCCCCCCCCCCCCCCCCCCCCC)COP(=O)(O)OCC(N)C(=O)O. The van der Waals surface area contributed by atoms with E-state index in [9.17, 15) is 23.8 Å². The van der Waals surface area contributed by atoms with Gasteiger partial charge in [-0.15, -0.1) is 0 Å². The van der Waals surface area contributed by atoms with Gasteiger partial charge in [0.2, 0.25) is 0 Å². The maximum Gasteiger partial charge on any atom is 0.472 e. The molecule has 0 aliphatic rings. The van der Waals surface area contributed by atoms with Gasteiger partial charge in [0.1, 0.15) is 12.6 Å². The van der Waals surface area contributed by atoms with E-state index < -0.39 is 51.1 Å². The maximum atomic E-state index is 12.6. The van der Waals surface area contributed by atoms with Crippen LogP contribution in [0.25, 0.3) is 0 Å². The van der Waals surface area contributed by atoms with Crippen molar-refractivity contribution < 1.29 is 47.5 Å². The number of carbonyl (C=O) groups is 3. The number of phosphoric ester groups is 1. The van der Waals surface area contributed by atoms with Crippen molar-refractivity contribution in [1.82, 2.24) is 0 Å². The molecule has 0 aliphatic heterocycles. The predicted octanol–water partition coefficient (Wildman–Crippen LogP) is 13.6. The topological polar surface area (TPSA) is 172 Å². The highest BCUT2D eigenvalue weighted by Crippen LogP contribution is 2.43. The standard InChI is InChI=1S/C49H90NO10P/c1-3-5-7-9-11-13-15-17-19-20-21-22-23-24-25-27-28-30-32-34-36-38-40-47(51)57-42-45(43-58-61(55,56)59-44-46(50)49(53)54)60-48(52)41-39-37-35-33-31-29-26-18-16-14-12-10-8-6-4-2/h6,8,12,14,18,26,45-46H,3-5,7,9-11,13,15-17,19-25,27-44,50H2,1-2H3,(H,53,54)(H,55,56)/b8-6-,14-12-,26-18-. The molecule has 0 amide bonds. The van der Waals surface area contributed by atoms with Gasteiger partial charge in [0.05, 0.1) is 13.2 Å². The summed E-state index contributed by atoms with van der Waals surface area (Å²) >= 11 is 0. The number of carbonyl (C=O) groups excluding carboxylic acids is 2. The van der Waals surface area contributed by atoms with Gasteiger partial charge in [-0.05, 0) is 44.9 Å². The third kappa shape index (κ3) is 44.1. The monoisotopic (exact) mass is 884 g/mol. The van der Waals surface area contributed by atoms with Gasteiger partial charge in [-0.25, -0.2) is 4.57 Å². The third-order valence-electron chi connectivity index (χ3n) is 10.7. The summed E-state index contributed by atoms with van der Waals surface area (Å²) < 4.78 is 32.8. The number of phosphoric acid groups is 1. The molecule has 3 atom stereocenters. The van der Waals surface area contributed by atoms with Gasteiger partial charge in [-0.3, -0.25) is 23.4 Å². The van der Waals surface area contributed by atoms with Crippen molar-refractivity contribution in [1.29, 1.82) is 0 Å². The van der Waals surface area contributed by atoms with Crippen molar-refractivity contribution in [3.63, 3.8) is 0 Å². The molecule has 0 aromatic rings. The van der Waals surface area contributed by atoms with E-state index in [2.05, 4.69) is 54.8 Å². The van der Waals surface area contributed by atoms with Crippen LogP contribution >= 0.6 is 7.82 Å². The highest BCUT2D eigenvalue weighted by atomic mass is 31.2. The van der Waals surface area contributed by atoms with Crippen LogP contribution in [0.3, 0.4) is 0 Å². The molecule has 3 unspecified atom stereocenters. The largest absolute Gasteiger partial charge is 0.480 e. The van der Waals surface area contributed by atoms with Crippen LogP contribution in [-0.2, 0) is 37.5 Å². The van der Waals surface area contributed by atoms with E-state index in [1.54, 1.807) is 0 Å². The predicted molar refractivity (Wildman–Crippen MR) is 249 cm³/mol.